The molecule has 1 atom stereocenters. The summed E-state index contributed by atoms with van der Waals surface area (Å²) < 4.78 is 13.9. The number of rotatable bonds is 2. The SMILES string of the molecule is BrC(c1ccc2c(c1)OCCO2)c1cc2sccc2s1. The molecule has 3 heterocycles. The lowest BCUT2D eigenvalue weighted by atomic mass is 10.1. The van der Waals surface area contributed by atoms with Gasteiger partial charge in [0.1, 0.15) is 13.2 Å². The summed E-state index contributed by atoms with van der Waals surface area (Å²) in [7, 11) is 0. The highest BCUT2D eigenvalue weighted by atomic mass is 79.9. The third-order valence-corrected chi connectivity index (χ3v) is 6.75. The topological polar surface area (TPSA) is 18.5 Å². The van der Waals surface area contributed by atoms with Crippen molar-refractivity contribution in [1.82, 2.24) is 0 Å². The number of fused-ring (bicyclic) bond motifs is 2. The molecule has 4 rings (SSSR count). The number of benzene rings is 1. The zero-order valence-corrected chi connectivity index (χ0v) is 13.7. The maximum atomic E-state index is 5.65. The molecular weight excluding hydrogens is 356 g/mol. The van der Waals surface area contributed by atoms with E-state index in [1.807, 2.05) is 17.4 Å². The molecule has 2 aromatic heterocycles. The Labute approximate surface area is 133 Å². The van der Waals surface area contributed by atoms with Gasteiger partial charge in [-0.05, 0) is 35.2 Å². The first kappa shape index (κ1) is 12.7. The van der Waals surface area contributed by atoms with Gasteiger partial charge in [0, 0.05) is 14.3 Å². The number of halogens is 1. The van der Waals surface area contributed by atoms with Crippen molar-refractivity contribution in [2.45, 2.75) is 4.83 Å². The summed E-state index contributed by atoms with van der Waals surface area (Å²) in [4.78, 5) is 1.52. The van der Waals surface area contributed by atoms with E-state index >= 15 is 0 Å². The van der Waals surface area contributed by atoms with Gasteiger partial charge in [-0.15, -0.1) is 22.7 Å². The van der Waals surface area contributed by atoms with Crippen LogP contribution in [-0.4, -0.2) is 13.2 Å². The fourth-order valence-electron chi connectivity index (χ4n) is 2.29. The van der Waals surface area contributed by atoms with Crippen LogP contribution < -0.4 is 9.47 Å². The van der Waals surface area contributed by atoms with Crippen molar-refractivity contribution < 1.29 is 9.47 Å². The molecule has 0 bridgehead atoms. The lowest BCUT2D eigenvalue weighted by molar-refractivity contribution is 0.171. The van der Waals surface area contributed by atoms with Gasteiger partial charge >= 0.3 is 0 Å². The predicted molar refractivity (Wildman–Crippen MR) is 87.9 cm³/mol. The van der Waals surface area contributed by atoms with E-state index in [4.69, 9.17) is 9.47 Å². The summed E-state index contributed by atoms with van der Waals surface area (Å²) in [6.45, 7) is 1.25. The predicted octanol–water partition coefficient (Wildman–Crippen LogP) is 5.22. The summed E-state index contributed by atoms with van der Waals surface area (Å²) in [5.41, 5.74) is 1.20. The molecule has 20 heavy (non-hydrogen) atoms. The van der Waals surface area contributed by atoms with Crippen molar-refractivity contribution in [1.29, 1.82) is 0 Å². The Morgan fingerprint density at radius 1 is 1.00 bits per heavy atom. The van der Waals surface area contributed by atoms with E-state index in [1.165, 1.54) is 19.8 Å². The van der Waals surface area contributed by atoms with Crippen LogP contribution in [0.1, 0.15) is 15.3 Å². The molecule has 0 saturated heterocycles. The van der Waals surface area contributed by atoms with Crippen molar-refractivity contribution in [3.63, 3.8) is 0 Å². The molecule has 0 aliphatic carbocycles. The highest BCUT2D eigenvalue weighted by Gasteiger charge is 2.18. The van der Waals surface area contributed by atoms with Crippen LogP contribution in [0.5, 0.6) is 11.5 Å². The number of hydrogen-bond acceptors (Lipinski definition) is 4. The molecular formula is C15H11BrO2S2. The largest absolute Gasteiger partial charge is 0.486 e. The first-order chi connectivity index (χ1) is 9.81. The zero-order chi connectivity index (χ0) is 13.5. The minimum Gasteiger partial charge on any atom is -0.486 e. The van der Waals surface area contributed by atoms with Gasteiger partial charge in [0.25, 0.3) is 0 Å². The van der Waals surface area contributed by atoms with Gasteiger partial charge in [-0.2, -0.15) is 0 Å². The second kappa shape index (κ2) is 5.06. The Hall–Kier alpha value is -1.04. The van der Waals surface area contributed by atoms with Gasteiger partial charge < -0.3 is 9.47 Å². The third-order valence-electron chi connectivity index (χ3n) is 3.27. The molecule has 0 radical (unpaired) electrons. The third kappa shape index (κ3) is 2.14. The van der Waals surface area contributed by atoms with Crippen LogP contribution in [0.25, 0.3) is 9.40 Å². The molecule has 102 valence electrons. The molecule has 5 heteroatoms. The lowest BCUT2D eigenvalue weighted by Gasteiger charge is -2.19. The van der Waals surface area contributed by atoms with Gasteiger partial charge in [-0.25, -0.2) is 0 Å². The Balaban J connectivity index is 1.70. The number of hydrogen-bond donors (Lipinski definition) is 0. The normalized spacial score (nSPS) is 15.4. The Bertz CT molecular complexity index is 734. The Morgan fingerprint density at radius 3 is 2.70 bits per heavy atom. The number of alkyl halides is 1. The van der Waals surface area contributed by atoms with Crippen molar-refractivity contribution in [3.05, 3.63) is 46.2 Å². The monoisotopic (exact) mass is 366 g/mol. The minimum absolute atomic E-state index is 0.197. The van der Waals surface area contributed by atoms with Gasteiger partial charge in [-0.1, -0.05) is 22.0 Å². The van der Waals surface area contributed by atoms with Crippen molar-refractivity contribution in [3.8, 4) is 11.5 Å². The highest BCUT2D eigenvalue weighted by molar-refractivity contribution is 9.09. The summed E-state index contributed by atoms with van der Waals surface area (Å²) in [6, 6.07) is 10.6. The van der Waals surface area contributed by atoms with Gasteiger partial charge in [-0.3, -0.25) is 0 Å². The molecule has 0 amide bonds. The molecule has 3 aromatic rings. The first-order valence-corrected chi connectivity index (χ1v) is 8.93. The molecule has 0 spiro atoms. The zero-order valence-electron chi connectivity index (χ0n) is 10.5. The fraction of sp³-hybridized carbons (Fsp3) is 0.200. The van der Waals surface area contributed by atoms with Crippen molar-refractivity contribution in [2.24, 2.45) is 0 Å². The molecule has 1 aromatic carbocycles. The quantitative estimate of drug-likeness (QED) is 0.579. The molecule has 1 aliphatic rings. The molecule has 0 N–H and O–H groups in total. The van der Waals surface area contributed by atoms with Gasteiger partial charge in [0.15, 0.2) is 11.5 Å². The van der Waals surface area contributed by atoms with Crippen LogP contribution in [-0.2, 0) is 0 Å². The van der Waals surface area contributed by atoms with E-state index in [0.29, 0.717) is 13.2 Å². The average Bonchev–Trinajstić information content (AvgIpc) is 3.07. The van der Waals surface area contributed by atoms with Crippen LogP contribution in [0.15, 0.2) is 35.7 Å². The standard InChI is InChI=1S/C15H11BrO2S2/c16-15(14-8-13-12(20-14)3-6-19-13)9-1-2-10-11(7-9)18-5-4-17-10/h1-3,6-8,15H,4-5H2. The molecule has 1 aliphatic heterocycles. The van der Waals surface area contributed by atoms with Crippen LogP contribution in [0.2, 0.25) is 0 Å². The molecule has 0 saturated carbocycles. The van der Waals surface area contributed by atoms with E-state index < -0.39 is 0 Å². The van der Waals surface area contributed by atoms with Crippen LogP contribution >= 0.6 is 38.6 Å². The van der Waals surface area contributed by atoms with E-state index in [1.54, 1.807) is 11.3 Å². The molecule has 0 fully saturated rings. The Morgan fingerprint density at radius 2 is 1.85 bits per heavy atom. The second-order valence-electron chi connectivity index (χ2n) is 4.56. The van der Waals surface area contributed by atoms with Crippen LogP contribution in [0.3, 0.4) is 0 Å². The first-order valence-electron chi connectivity index (χ1n) is 6.32. The van der Waals surface area contributed by atoms with Gasteiger partial charge in [0.2, 0.25) is 0 Å². The van der Waals surface area contributed by atoms with Crippen LogP contribution in [0.4, 0.5) is 0 Å². The smallest absolute Gasteiger partial charge is 0.161 e. The summed E-state index contributed by atoms with van der Waals surface area (Å²) in [5, 5.41) is 2.14. The lowest BCUT2D eigenvalue weighted by Crippen LogP contribution is -2.15. The molecule has 2 nitrogen and oxygen atoms in total. The second-order valence-corrected chi connectivity index (χ2v) is 7.54. The van der Waals surface area contributed by atoms with E-state index in [2.05, 4.69) is 45.6 Å². The maximum Gasteiger partial charge on any atom is 0.161 e. The maximum absolute atomic E-state index is 5.65. The Kier molecular flexibility index (Phi) is 3.21. The van der Waals surface area contributed by atoms with Gasteiger partial charge in [0.05, 0.1) is 4.83 Å². The molecule has 1 unspecified atom stereocenters. The summed E-state index contributed by atoms with van der Waals surface area (Å²) in [5.74, 6) is 1.68. The number of thiophene rings is 2. The van der Waals surface area contributed by atoms with Crippen LogP contribution in [0, 0.1) is 0 Å². The van der Waals surface area contributed by atoms with E-state index in [0.717, 1.165) is 11.5 Å². The summed E-state index contributed by atoms with van der Waals surface area (Å²) >= 11 is 7.43. The van der Waals surface area contributed by atoms with Crippen molar-refractivity contribution in [2.75, 3.05) is 13.2 Å². The highest BCUT2D eigenvalue weighted by Crippen LogP contribution is 2.42. The van der Waals surface area contributed by atoms with Crippen molar-refractivity contribution >= 4 is 48.0 Å². The average molecular weight is 367 g/mol. The minimum atomic E-state index is 0.197. The van der Waals surface area contributed by atoms with E-state index in [-0.39, 0.29) is 4.83 Å². The number of ether oxygens (including phenoxy) is 2. The van der Waals surface area contributed by atoms with E-state index in [9.17, 15) is 0 Å². The summed E-state index contributed by atoms with van der Waals surface area (Å²) in [6.07, 6.45) is 0. The fourth-order valence-corrected chi connectivity index (χ4v) is 5.11.